The molecule has 1 unspecified atom stereocenters. The first-order chi connectivity index (χ1) is 17.1. The fourth-order valence-electron chi connectivity index (χ4n) is 3.76. The van der Waals surface area contributed by atoms with Gasteiger partial charge in [0.2, 0.25) is 5.88 Å². The van der Waals surface area contributed by atoms with Gasteiger partial charge in [-0.05, 0) is 67.6 Å². The topological polar surface area (TPSA) is 76.4 Å². The normalized spacial score (nSPS) is 15.5. The quantitative estimate of drug-likeness (QED) is 0.313. The molecule has 0 saturated carbocycles. The third kappa shape index (κ3) is 5.21. The summed E-state index contributed by atoms with van der Waals surface area (Å²) in [6, 6.07) is 8.94. The number of fused-ring (bicyclic) bond motifs is 1. The van der Waals surface area contributed by atoms with Crippen LogP contribution in [0.1, 0.15) is 18.5 Å². The standard InChI is InChI=1S/C25H22F2N6OS/c1-34-25-22(32-35-23-8-5-18(26)12-20(23)27)11-17(14-30-25)21-7-9-24-29-15-19(33(24)31-21)6-4-16-3-2-10-28-13-16/h5,7-9,11-12,14-16,28,32H,2-3,10,13H2,1H3. The van der Waals surface area contributed by atoms with E-state index in [4.69, 9.17) is 9.84 Å². The summed E-state index contributed by atoms with van der Waals surface area (Å²) in [5, 5.41) is 8.10. The predicted octanol–water partition coefficient (Wildman–Crippen LogP) is 4.55. The van der Waals surface area contributed by atoms with Gasteiger partial charge in [0.25, 0.3) is 0 Å². The molecular weight excluding hydrogens is 470 g/mol. The molecule has 1 saturated heterocycles. The first kappa shape index (κ1) is 23.1. The highest BCUT2D eigenvalue weighted by molar-refractivity contribution is 8.00. The Labute approximate surface area is 205 Å². The Balaban J connectivity index is 1.42. The van der Waals surface area contributed by atoms with Gasteiger partial charge in [0.05, 0.1) is 23.9 Å². The molecule has 2 N–H and O–H groups in total. The van der Waals surface area contributed by atoms with E-state index in [1.165, 1.54) is 19.2 Å². The van der Waals surface area contributed by atoms with E-state index in [0.717, 1.165) is 55.2 Å². The van der Waals surface area contributed by atoms with Crippen molar-refractivity contribution in [1.82, 2.24) is 24.9 Å². The molecule has 4 heterocycles. The van der Waals surface area contributed by atoms with Gasteiger partial charge in [0.15, 0.2) is 5.65 Å². The van der Waals surface area contributed by atoms with Crippen LogP contribution in [0.2, 0.25) is 0 Å². The van der Waals surface area contributed by atoms with Gasteiger partial charge in [0.1, 0.15) is 23.0 Å². The number of nitrogens with one attached hydrogen (secondary N) is 2. The fraction of sp³-hybridized carbons (Fsp3) is 0.240. The minimum absolute atomic E-state index is 0.244. The van der Waals surface area contributed by atoms with E-state index in [2.05, 4.69) is 31.8 Å². The molecule has 0 bridgehead atoms. The number of ether oxygens (including phenoxy) is 1. The second kappa shape index (κ2) is 10.3. The Morgan fingerprint density at radius 1 is 1.17 bits per heavy atom. The monoisotopic (exact) mass is 492 g/mol. The number of anilines is 1. The summed E-state index contributed by atoms with van der Waals surface area (Å²) in [6.45, 7) is 1.94. The van der Waals surface area contributed by atoms with Gasteiger partial charge in [-0.25, -0.2) is 23.3 Å². The second-order valence-corrected chi connectivity index (χ2v) is 8.85. The molecule has 1 aliphatic heterocycles. The molecule has 0 radical (unpaired) electrons. The SMILES string of the molecule is COc1ncc(-c2ccc3ncc(C#CC4CCCNC4)n3n2)cc1NSc1ccc(F)cc1F. The molecule has 10 heteroatoms. The highest BCUT2D eigenvalue weighted by atomic mass is 32.2. The van der Waals surface area contributed by atoms with Gasteiger partial charge in [-0.2, -0.15) is 5.10 Å². The number of piperidine rings is 1. The number of nitrogens with zero attached hydrogens (tertiary/aromatic N) is 4. The van der Waals surface area contributed by atoms with Gasteiger partial charge >= 0.3 is 0 Å². The summed E-state index contributed by atoms with van der Waals surface area (Å²) in [5.41, 5.74) is 3.32. The van der Waals surface area contributed by atoms with Gasteiger partial charge in [-0.3, -0.25) is 0 Å². The van der Waals surface area contributed by atoms with Crippen LogP contribution < -0.4 is 14.8 Å². The zero-order valence-corrected chi connectivity index (χ0v) is 19.7. The van der Waals surface area contributed by atoms with Crippen molar-refractivity contribution in [3.63, 3.8) is 0 Å². The number of rotatable bonds is 5. The number of aromatic nitrogens is 4. The van der Waals surface area contributed by atoms with Crippen molar-refractivity contribution in [3.05, 3.63) is 66.1 Å². The lowest BCUT2D eigenvalue weighted by molar-refractivity contribution is 0.400. The summed E-state index contributed by atoms with van der Waals surface area (Å²) in [6.07, 6.45) is 5.59. The average molecular weight is 493 g/mol. The smallest absolute Gasteiger partial charge is 0.237 e. The Hall–Kier alpha value is -3.68. The van der Waals surface area contributed by atoms with E-state index in [9.17, 15) is 8.78 Å². The van der Waals surface area contributed by atoms with Crippen molar-refractivity contribution >= 4 is 23.3 Å². The van der Waals surface area contributed by atoms with E-state index in [-0.39, 0.29) is 4.90 Å². The molecule has 3 aromatic heterocycles. The van der Waals surface area contributed by atoms with Crippen molar-refractivity contribution in [2.45, 2.75) is 17.7 Å². The zero-order valence-electron chi connectivity index (χ0n) is 18.9. The summed E-state index contributed by atoms with van der Waals surface area (Å²) in [4.78, 5) is 9.01. The maximum Gasteiger partial charge on any atom is 0.237 e. The Kier molecular flexibility index (Phi) is 6.79. The maximum absolute atomic E-state index is 14.0. The van der Waals surface area contributed by atoms with Crippen LogP contribution in [0.15, 0.2) is 53.7 Å². The number of hydrogen-bond donors (Lipinski definition) is 2. The van der Waals surface area contributed by atoms with Crippen LogP contribution >= 0.6 is 11.9 Å². The number of pyridine rings is 1. The van der Waals surface area contributed by atoms with Gasteiger partial charge in [-0.15, -0.1) is 0 Å². The lowest BCUT2D eigenvalue weighted by atomic mass is 10.0. The zero-order chi connectivity index (χ0) is 24.2. The van der Waals surface area contributed by atoms with Crippen LogP contribution in [-0.2, 0) is 0 Å². The Morgan fingerprint density at radius 3 is 2.89 bits per heavy atom. The van der Waals surface area contributed by atoms with E-state index in [1.807, 2.05) is 18.2 Å². The summed E-state index contributed by atoms with van der Waals surface area (Å²) < 4.78 is 37.3. The van der Waals surface area contributed by atoms with Gasteiger partial charge < -0.3 is 14.8 Å². The molecule has 1 aromatic carbocycles. The predicted molar refractivity (Wildman–Crippen MR) is 131 cm³/mol. The molecule has 0 spiro atoms. The number of halogens is 2. The van der Waals surface area contributed by atoms with Crippen LogP contribution in [-0.4, -0.2) is 39.8 Å². The van der Waals surface area contributed by atoms with Crippen LogP contribution in [0, 0.1) is 29.4 Å². The molecule has 35 heavy (non-hydrogen) atoms. The number of methoxy groups -OCH3 is 1. The van der Waals surface area contributed by atoms with Crippen molar-refractivity contribution < 1.29 is 13.5 Å². The first-order valence-corrected chi connectivity index (χ1v) is 11.9. The minimum atomic E-state index is -0.657. The van der Waals surface area contributed by atoms with Crippen LogP contribution in [0.4, 0.5) is 14.5 Å². The van der Waals surface area contributed by atoms with E-state index in [1.54, 1.807) is 16.9 Å². The molecular formula is C25H22F2N6OS. The third-order valence-electron chi connectivity index (χ3n) is 5.57. The Bertz CT molecular complexity index is 1420. The third-order valence-corrected chi connectivity index (χ3v) is 6.44. The number of imidazole rings is 1. The summed E-state index contributed by atoms with van der Waals surface area (Å²) in [7, 11) is 1.50. The van der Waals surface area contributed by atoms with Crippen molar-refractivity contribution in [2.75, 3.05) is 24.9 Å². The van der Waals surface area contributed by atoms with Gasteiger partial charge in [0, 0.05) is 30.3 Å². The molecule has 1 aliphatic rings. The van der Waals surface area contributed by atoms with Crippen LogP contribution in [0.5, 0.6) is 5.88 Å². The van der Waals surface area contributed by atoms with Crippen LogP contribution in [0.25, 0.3) is 16.9 Å². The molecule has 1 fully saturated rings. The molecule has 5 rings (SSSR count). The second-order valence-electron chi connectivity index (χ2n) is 8.00. The summed E-state index contributed by atoms with van der Waals surface area (Å²) in [5.74, 6) is 5.92. The lowest BCUT2D eigenvalue weighted by Gasteiger charge is -2.17. The molecule has 0 amide bonds. The van der Waals surface area contributed by atoms with Crippen molar-refractivity contribution in [3.8, 4) is 29.0 Å². The minimum Gasteiger partial charge on any atom is -0.480 e. The maximum atomic E-state index is 14.0. The number of benzene rings is 1. The van der Waals surface area contributed by atoms with E-state index < -0.39 is 11.6 Å². The summed E-state index contributed by atoms with van der Waals surface area (Å²) >= 11 is 0.998. The Morgan fingerprint density at radius 2 is 2.09 bits per heavy atom. The molecule has 1 atom stereocenters. The lowest BCUT2D eigenvalue weighted by Crippen LogP contribution is -2.28. The average Bonchev–Trinajstić information content (AvgIpc) is 3.29. The van der Waals surface area contributed by atoms with Crippen molar-refractivity contribution in [2.24, 2.45) is 5.92 Å². The molecule has 0 aliphatic carbocycles. The fourth-order valence-corrected chi connectivity index (χ4v) is 4.42. The number of hydrogen-bond acceptors (Lipinski definition) is 7. The molecule has 7 nitrogen and oxygen atoms in total. The highest BCUT2D eigenvalue weighted by Crippen LogP contribution is 2.32. The molecule has 4 aromatic rings. The largest absolute Gasteiger partial charge is 0.480 e. The van der Waals surface area contributed by atoms with Gasteiger partial charge in [-0.1, -0.05) is 5.92 Å². The van der Waals surface area contributed by atoms with E-state index in [0.29, 0.717) is 28.8 Å². The van der Waals surface area contributed by atoms with Crippen LogP contribution in [0.3, 0.4) is 0 Å². The van der Waals surface area contributed by atoms with E-state index >= 15 is 0 Å². The first-order valence-electron chi connectivity index (χ1n) is 11.1. The van der Waals surface area contributed by atoms with Crippen molar-refractivity contribution in [1.29, 1.82) is 0 Å². The molecule has 178 valence electrons. The highest BCUT2D eigenvalue weighted by Gasteiger charge is 2.13.